The Kier molecular flexibility index (Phi) is 5.85. The third kappa shape index (κ3) is 4.14. The monoisotopic (exact) mass is 312 g/mol. The summed E-state index contributed by atoms with van der Waals surface area (Å²) in [4.78, 5) is 24.0. The fourth-order valence-electron chi connectivity index (χ4n) is 1.71. The maximum atomic E-state index is 11.1. The van der Waals surface area contributed by atoms with Crippen molar-refractivity contribution in [1.29, 1.82) is 0 Å². The van der Waals surface area contributed by atoms with Gasteiger partial charge in [-0.15, -0.1) is 0 Å². The number of hydrogen-bond donors (Lipinski definition) is 1. The summed E-state index contributed by atoms with van der Waals surface area (Å²) in [6.07, 6.45) is 2.75. The van der Waals surface area contributed by atoms with Crippen LogP contribution in [0.4, 0.5) is 5.69 Å². The van der Waals surface area contributed by atoms with E-state index >= 15 is 0 Å². The van der Waals surface area contributed by atoms with E-state index in [0.717, 1.165) is 29.3 Å². The van der Waals surface area contributed by atoms with E-state index in [1.54, 1.807) is 12.1 Å². The molecule has 0 unspecified atom stereocenters. The van der Waals surface area contributed by atoms with E-state index in [9.17, 15) is 9.59 Å². The summed E-state index contributed by atoms with van der Waals surface area (Å²) in [7, 11) is 0. The molecule has 0 atom stereocenters. The van der Waals surface area contributed by atoms with E-state index < -0.39 is 5.91 Å². The molecular formula is C13H17BrN2O2. The molecule has 0 aliphatic heterocycles. The average Bonchev–Trinajstić information content (AvgIpc) is 2.34. The molecule has 2 N–H and O–H groups in total. The molecule has 0 fully saturated rings. The number of anilines is 1. The number of amides is 1. The van der Waals surface area contributed by atoms with Crippen LogP contribution in [0.25, 0.3) is 0 Å². The Labute approximate surface area is 115 Å². The van der Waals surface area contributed by atoms with Gasteiger partial charge in [0.25, 0.3) is 0 Å². The zero-order chi connectivity index (χ0) is 13.5. The van der Waals surface area contributed by atoms with Gasteiger partial charge in [-0.2, -0.15) is 0 Å². The Balaban J connectivity index is 3.05. The molecule has 0 aliphatic carbocycles. The van der Waals surface area contributed by atoms with E-state index in [2.05, 4.69) is 22.9 Å². The molecule has 0 saturated heterocycles. The van der Waals surface area contributed by atoms with Crippen LogP contribution in [0.2, 0.25) is 0 Å². The number of nitrogens with zero attached hydrogens (tertiary/aromatic N) is 1. The third-order valence-electron chi connectivity index (χ3n) is 2.59. The van der Waals surface area contributed by atoms with Gasteiger partial charge in [0.1, 0.15) is 0 Å². The Morgan fingerprint density at radius 1 is 1.50 bits per heavy atom. The maximum Gasteiger partial charge on any atom is 0.236 e. The summed E-state index contributed by atoms with van der Waals surface area (Å²) < 4.78 is 0.870. The van der Waals surface area contributed by atoms with E-state index in [1.807, 2.05) is 11.0 Å². The number of aldehydes is 1. The highest BCUT2D eigenvalue weighted by Gasteiger charge is 2.13. The normalized spacial score (nSPS) is 10.1. The number of halogens is 1. The minimum Gasteiger partial charge on any atom is -0.368 e. The molecule has 1 aromatic carbocycles. The van der Waals surface area contributed by atoms with Crippen LogP contribution in [0.5, 0.6) is 0 Å². The summed E-state index contributed by atoms with van der Waals surface area (Å²) in [5, 5.41) is 0. The molecule has 0 heterocycles. The predicted molar refractivity (Wildman–Crippen MR) is 75.8 cm³/mol. The van der Waals surface area contributed by atoms with Crippen LogP contribution in [-0.2, 0) is 4.79 Å². The topological polar surface area (TPSA) is 63.4 Å². The van der Waals surface area contributed by atoms with E-state index in [0.29, 0.717) is 12.1 Å². The highest BCUT2D eigenvalue weighted by Crippen LogP contribution is 2.24. The summed E-state index contributed by atoms with van der Waals surface area (Å²) >= 11 is 3.37. The lowest BCUT2D eigenvalue weighted by Gasteiger charge is -2.24. The molecule has 5 heteroatoms. The molecule has 0 spiro atoms. The number of carbonyl (C=O) groups is 2. The lowest BCUT2D eigenvalue weighted by molar-refractivity contribution is -0.116. The van der Waals surface area contributed by atoms with E-state index in [4.69, 9.17) is 5.73 Å². The van der Waals surface area contributed by atoms with Crippen molar-refractivity contribution < 1.29 is 9.59 Å². The van der Waals surface area contributed by atoms with Crippen LogP contribution in [0, 0.1) is 0 Å². The van der Waals surface area contributed by atoms with Crippen molar-refractivity contribution in [2.45, 2.75) is 19.8 Å². The zero-order valence-corrected chi connectivity index (χ0v) is 11.9. The largest absolute Gasteiger partial charge is 0.368 e. The molecule has 0 aromatic heterocycles. The summed E-state index contributed by atoms with van der Waals surface area (Å²) in [5.74, 6) is -0.400. The number of hydrogen-bond acceptors (Lipinski definition) is 3. The second-order valence-corrected chi connectivity index (χ2v) is 4.98. The average molecular weight is 313 g/mol. The van der Waals surface area contributed by atoms with Crippen molar-refractivity contribution in [3.63, 3.8) is 0 Å². The molecule has 18 heavy (non-hydrogen) atoms. The van der Waals surface area contributed by atoms with Gasteiger partial charge in [0, 0.05) is 22.3 Å². The molecule has 1 rings (SSSR count). The number of primary amides is 1. The van der Waals surface area contributed by atoms with Crippen molar-refractivity contribution in [2.24, 2.45) is 5.73 Å². The smallest absolute Gasteiger partial charge is 0.236 e. The molecule has 0 bridgehead atoms. The van der Waals surface area contributed by atoms with Gasteiger partial charge in [0.2, 0.25) is 5.91 Å². The van der Waals surface area contributed by atoms with E-state index in [1.165, 1.54) is 0 Å². The summed E-state index contributed by atoms with van der Waals surface area (Å²) in [6, 6.07) is 5.37. The minimum absolute atomic E-state index is 0.122. The summed E-state index contributed by atoms with van der Waals surface area (Å²) in [6.45, 7) is 2.90. The van der Waals surface area contributed by atoms with Gasteiger partial charge in [-0.25, -0.2) is 0 Å². The van der Waals surface area contributed by atoms with Gasteiger partial charge < -0.3 is 10.6 Å². The molecule has 4 nitrogen and oxygen atoms in total. The van der Waals surface area contributed by atoms with E-state index in [-0.39, 0.29) is 6.54 Å². The highest BCUT2D eigenvalue weighted by atomic mass is 79.9. The van der Waals surface area contributed by atoms with Gasteiger partial charge >= 0.3 is 0 Å². The molecule has 0 radical (unpaired) electrons. The Bertz CT molecular complexity index is 435. The van der Waals surface area contributed by atoms with Gasteiger partial charge in [0.15, 0.2) is 6.29 Å². The van der Waals surface area contributed by atoms with Crippen LogP contribution in [0.1, 0.15) is 30.1 Å². The quantitative estimate of drug-likeness (QED) is 0.786. The molecule has 1 amide bonds. The number of unbranched alkanes of at least 4 members (excludes halogenated alkanes) is 1. The molecular weight excluding hydrogens is 296 g/mol. The fourth-order valence-corrected chi connectivity index (χ4v) is 2.06. The van der Waals surface area contributed by atoms with Crippen molar-refractivity contribution in [2.75, 3.05) is 18.0 Å². The van der Waals surface area contributed by atoms with Gasteiger partial charge in [-0.05, 0) is 24.6 Å². The zero-order valence-electron chi connectivity index (χ0n) is 10.4. The first-order chi connectivity index (χ1) is 8.58. The molecule has 0 aliphatic rings. The van der Waals surface area contributed by atoms with Crippen molar-refractivity contribution in [3.8, 4) is 0 Å². The Morgan fingerprint density at radius 3 is 2.78 bits per heavy atom. The Morgan fingerprint density at radius 2 is 2.22 bits per heavy atom. The number of nitrogens with two attached hydrogens (primary N) is 1. The lowest BCUT2D eigenvalue weighted by atomic mass is 10.1. The third-order valence-corrected chi connectivity index (χ3v) is 3.08. The first-order valence-electron chi connectivity index (χ1n) is 5.86. The molecule has 1 aromatic rings. The first kappa shape index (κ1) is 14.7. The fraction of sp³-hybridized carbons (Fsp3) is 0.385. The van der Waals surface area contributed by atoms with Crippen LogP contribution < -0.4 is 10.6 Å². The van der Waals surface area contributed by atoms with Crippen molar-refractivity contribution in [3.05, 3.63) is 28.2 Å². The van der Waals surface area contributed by atoms with Gasteiger partial charge in [-0.3, -0.25) is 9.59 Å². The lowest BCUT2D eigenvalue weighted by Crippen LogP contribution is -2.35. The predicted octanol–water partition coefficient (Wildman–Crippen LogP) is 2.35. The van der Waals surface area contributed by atoms with Crippen LogP contribution in [-0.4, -0.2) is 25.3 Å². The second kappa shape index (κ2) is 7.16. The van der Waals surface area contributed by atoms with Crippen molar-refractivity contribution >= 4 is 33.8 Å². The van der Waals surface area contributed by atoms with Gasteiger partial charge in [-0.1, -0.05) is 29.3 Å². The number of benzene rings is 1. The molecule has 0 saturated carbocycles. The minimum atomic E-state index is -0.400. The van der Waals surface area contributed by atoms with Crippen LogP contribution >= 0.6 is 15.9 Å². The number of carbonyl (C=O) groups excluding carboxylic acids is 2. The van der Waals surface area contributed by atoms with Crippen LogP contribution in [0.3, 0.4) is 0 Å². The van der Waals surface area contributed by atoms with Crippen molar-refractivity contribution in [1.82, 2.24) is 0 Å². The van der Waals surface area contributed by atoms with Crippen LogP contribution in [0.15, 0.2) is 22.7 Å². The number of rotatable bonds is 7. The Hall–Kier alpha value is -1.36. The summed E-state index contributed by atoms with van der Waals surface area (Å²) in [5.41, 5.74) is 6.56. The second-order valence-electron chi connectivity index (χ2n) is 4.06. The highest BCUT2D eigenvalue weighted by molar-refractivity contribution is 9.10. The maximum absolute atomic E-state index is 11.1. The first-order valence-corrected chi connectivity index (χ1v) is 6.65. The molecule has 98 valence electrons. The van der Waals surface area contributed by atoms with Gasteiger partial charge in [0.05, 0.1) is 6.54 Å². The SMILES string of the molecule is CCCCN(CC(N)=O)c1cc(Br)ccc1C=O. The standard InChI is InChI=1S/C13H17BrN2O2/c1-2-3-6-16(8-13(15)18)12-7-11(14)5-4-10(12)9-17/h4-5,7,9H,2-3,6,8H2,1H3,(H2,15,18).